The van der Waals surface area contributed by atoms with E-state index in [0.717, 1.165) is 61.0 Å². The molecule has 1 saturated heterocycles. The molecule has 2 aliphatic carbocycles. The van der Waals surface area contributed by atoms with Gasteiger partial charge in [-0.25, -0.2) is 0 Å². The number of carbonyl (C=O) groups excluding carboxylic acids is 1. The van der Waals surface area contributed by atoms with Gasteiger partial charge < -0.3 is 15.2 Å². The fraction of sp³-hybridized carbons (Fsp3) is 0.516. The van der Waals surface area contributed by atoms with E-state index in [1.807, 2.05) is 18.2 Å². The zero-order valence-electron chi connectivity index (χ0n) is 23.0. The Bertz CT molecular complexity index is 1440. The molecule has 3 aromatic rings. The van der Waals surface area contributed by atoms with Crippen LogP contribution in [-0.2, 0) is 31.3 Å². The molecular weight excluding hydrogens is 528 g/mol. The second kappa shape index (κ2) is 11.2. The Morgan fingerprint density at radius 1 is 1.10 bits per heavy atom. The fourth-order valence-electron chi connectivity index (χ4n) is 6.25. The number of ether oxygens (including phenoxy) is 1. The number of amides is 1. The molecule has 0 radical (unpaired) electrons. The molecule has 40 heavy (non-hydrogen) atoms. The Kier molecular flexibility index (Phi) is 7.70. The maximum Gasteiger partial charge on any atom is 0.276 e. The summed E-state index contributed by atoms with van der Waals surface area (Å²) in [6.07, 6.45) is 5.72. The minimum atomic E-state index is -0.625. The van der Waals surface area contributed by atoms with Gasteiger partial charge in [0.05, 0.1) is 29.7 Å². The summed E-state index contributed by atoms with van der Waals surface area (Å²) >= 11 is 5.97. The van der Waals surface area contributed by atoms with E-state index < -0.39 is 11.5 Å². The summed E-state index contributed by atoms with van der Waals surface area (Å²) in [6, 6.07) is 11.3. The molecule has 2 saturated carbocycles. The maximum absolute atomic E-state index is 13.8. The third-order valence-electron chi connectivity index (χ3n) is 8.74. The van der Waals surface area contributed by atoms with Gasteiger partial charge in [-0.05, 0) is 85.3 Å². The minimum absolute atomic E-state index is 0.120. The molecule has 0 atom stereocenters. The van der Waals surface area contributed by atoms with Gasteiger partial charge >= 0.3 is 0 Å². The third kappa shape index (κ3) is 5.81. The number of aliphatic hydroxyl groups is 1. The third-order valence-corrected chi connectivity index (χ3v) is 8.99. The number of aryl methyl sites for hydroxylation is 2. The smallest absolute Gasteiger partial charge is 0.276 e. The van der Waals surface area contributed by atoms with Gasteiger partial charge in [-0.2, -0.15) is 5.10 Å². The van der Waals surface area contributed by atoms with Crippen LogP contribution < -0.4 is 10.7 Å². The molecule has 3 aliphatic rings. The molecule has 2 heterocycles. The van der Waals surface area contributed by atoms with E-state index in [-0.39, 0.29) is 17.7 Å². The second-order valence-corrected chi connectivity index (χ2v) is 12.1. The Hall–Kier alpha value is -2.78. The summed E-state index contributed by atoms with van der Waals surface area (Å²) in [5.41, 5.74) is 2.53. The first-order valence-electron chi connectivity index (χ1n) is 14.4. The van der Waals surface area contributed by atoms with Crippen molar-refractivity contribution in [3.05, 3.63) is 74.0 Å². The van der Waals surface area contributed by atoms with Crippen LogP contribution in [0.2, 0.25) is 5.02 Å². The molecule has 212 valence electrons. The summed E-state index contributed by atoms with van der Waals surface area (Å²) in [6.45, 7) is 4.03. The van der Waals surface area contributed by atoms with E-state index >= 15 is 0 Å². The lowest BCUT2D eigenvalue weighted by Crippen LogP contribution is -2.36. The molecular formula is C31H37ClN4O4. The first kappa shape index (κ1) is 27.4. The van der Waals surface area contributed by atoms with E-state index in [4.69, 9.17) is 16.3 Å². The van der Waals surface area contributed by atoms with Gasteiger partial charge in [-0.1, -0.05) is 29.8 Å². The van der Waals surface area contributed by atoms with E-state index in [2.05, 4.69) is 21.4 Å². The van der Waals surface area contributed by atoms with Crippen LogP contribution in [0.3, 0.4) is 0 Å². The lowest BCUT2D eigenvalue weighted by Gasteiger charge is -2.29. The van der Waals surface area contributed by atoms with Crippen LogP contribution >= 0.6 is 11.6 Å². The lowest BCUT2D eigenvalue weighted by atomic mass is 9.85. The highest BCUT2D eigenvalue weighted by Gasteiger charge is 2.52. The zero-order chi connectivity index (χ0) is 27.9. The summed E-state index contributed by atoms with van der Waals surface area (Å²) in [5, 5.41) is 20.0. The minimum Gasteiger partial charge on any atom is -0.389 e. The number of nitrogens with zero attached hydrogens (tertiary/aromatic N) is 3. The molecule has 0 unspecified atom stereocenters. The topological polar surface area (TPSA) is 96.7 Å². The number of rotatable bonds is 10. The Morgan fingerprint density at radius 3 is 2.42 bits per heavy atom. The summed E-state index contributed by atoms with van der Waals surface area (Å²) < 4.78 is 7.18. The van der Waals surface area contributed by atoms with Crippen molar-refractivity contribution in [2.45, 2.75) is 57.2 Å². The van der Waals surface area contributed by atoms with Gasteiger partial charge in [-0.3, -0.25) is 19.2 Å². The number of carbonyl (C=O) groups is 1. The fourth-order valence-corrected chi connectivity index (χ4v) is 6.37. The zero-order valence-corrected chi connectivity index (χ0v) is 23.8. The molecule has 0 bridgehead atoms. The summed E-state index contributed by atoms with van der Waals surface area (Å²) in [5.74, 6) is 0.274. The average Bonchev–Trinajstić information content (AvgIpc) is 3.86. The van der Waals surface area contributed by atoms with Crippen molar-refractivity contribution in [1.29, 1.82) is 0 Å². The highest BCUT2D eigenvalue weighted by molar-refractivity contribution is 6.30. The van der Waals surface area contributed by atoms with E-state index in [1.165, 1.54) is 0 Å². The molecule has 1 aromatic heterocycles. The first-order valence-corrected chi connectivity index (χ1v) is 14.8. The maximum atomic E-state index is 13.8. The Balaban J connectivity index is 1.33. The molecule has 3 fully saturated rings. The van der Waals surface area contributed by atoms with Crippen LogP contribution in [0.1, 0.15) is 59.3 Å². The van der Waals surface area contributed by atoms with E-state index in [9.17, 15) is 14.7 Å². The van der Waals surface area contributed by atoms with Crippen LogP contribution in [0.15, 0.2) is 41.2 Å². The molecule has 6 rings (SSSR count). The van der Waals surface area contributed by atoms with Gasteiger partial charge in [0.25, 0.3) is 5.91 Å². The average molecular weight is 565 g/mol. The molecule has 0 spiro atoms. The SMILES string of the molecule is Cn1nc(C(=O)NCc2ccc(Cl)cc2)c(=O)c2cc(CN3CCOCC3)cc(CCC(O)(C3CC3)C3CC3)c21. The van der Waals surface area contributed by atoms with Crippen LogP contribution in [0.5, 0.6) is 0 Å². The van der Waals surface area contributed by atoms with Crippen molar-refractivity contribution >= 4 is 28.4 Å². The van der Waals surface area contributed by atoms with Gasteiger partial charge in [0.15, 0.2) is 5.69 Å². The number of aromatic nitrogens is 2. The van der Waals surface area contributed by atoms with Gasteiger partial charge in [0.2, 0.25) is 5.43 Å². The molecule has 9 heteroatoms. The summed E-state index contributed by atoms with van der Waals surface area (Å²) in [4.78, 5) is 29.2. The highest BCUT2D eigenvalue weighted by atomic mass is 35.5. The number of fused-ring (bicyclic) bond motifs is 1. The Morgan fingerprint density at radius 2 is 1.77 bits per heavy atom. The number of hydrogen-bond donors (Lipinski definition) is 2. The molecule has 1 amide bonds. The quantitative estimate of drug-likeness (QED) is 0.388. The highest BCUT2D eigenvalue weighted by Crippen LogP contribution is 2.54. The number of hydrogen-bond acceptors (Lipinski definition) is 6. The first-order chi connectivity index (χ1) is 19.3. The van der Waals surface area contributed by atoms with Crippen LogP contribution in [0.25, 0.3) is 10.9 Å². The standard InChI is InChI=1S/C31H37ClN4O4/c1-35-28-22(10-11-31(39,23-4-5-23)24-6-7-24)16-21(19-36-12-14-40-15-13-36)17-26(28)29(37)27(34-35)30(38)33-18-20-2-8-25(32)9-3-20/h2-3,8-9,16-17,23-24,39H,4-7,10-15,18-19H2,1H3,(H,33,38). The van der Waals surface area contributed by atoms with E-state index in [0.29, 0.717) is 54.8 Å². The molecule has 2 N–H and O–H groups in total. The monoisotopic (exact) mass is 564 g/mol. The van der Waals surface area contributed by atoms with Crippen LogP contribution in [-0.4, -0.2) is 57.6 Å². The van der Waals surface area contributed by atoms with Crippen LogP contribution in [0.4, 0.5) is 0 Å². The summed E-state index contributed by atoms with van der Waals surface area (Å²) in [7, 11) is 1.79. The number of benzene rings is 2. The van der Waals surface area contributed by atoms with Crippen LogP contribution in [0, 0.1) is 11.8 Å². The second-order valence-electron chi connectivity index (χ2n) is 11.7. The van der Waals surface area contributed by atoms with Crippen molar-refractivity contribution < 1.29 is 14.6 Å². The normalized spacial score (nSPS) is 18.3. The number of nitrogens with one attached hydrogen (secondary N) is 1. The van der Waals surface area contributed by atoms with Crippen molar-refractivity contribution in [2.75, 3.05) is 26.3 Å². The molecule has 2 aromatic carbocycles. The van der Waals surface area contributed by atoms with Gasteiger partial charge in [0.1, 0.15) is 0 Å². The van der Waals surface area contributed by atoms with Crippen molar-refractivity contribution in [3.8, 4) is 0 Å². The van der Waals surface area contributed by atoms with E-state index in [1.54, 1.807) is 23.9 Å². The Labute approximate surface area is 239 Å². The largest absolute Gasteiger partial charge is 0.389 e. The number of halogens is 1. The molecule has 1 aliphatic heterocycles. The molecule has 8 nitrogen and oxygen atoms in total. The lowest BCUT2D eigenvalue weighted by molar-refractivity contribution is -0.0126. The predicted octanol–water partition coefficient (Wildman–Crippen LogP) is 3.83. The van der Waals surface area contributed by atoms with Crippen molar-refractivity contribution in [2.24, 2.45) is 18.9 Å². The predicted molar refractivity (Wildman–Crippen MR) is 154 cm³/mol. The number of morpholine rings is 1. The van der Waals surface area contributed by atoms with Crippen molar-refractivity contribution in [1.82, 2.24) is 20.0 Å². The van der Waals surface area contributed by atoms with Gasteiger partial charge in [0, 0.05) is 38.2 Å². The van der Waals surface area contributed by atoms with Gasteiger partial charge in [-0.15, -0.1) is 0 Å². The van der Waals surface area contributed by atoms with Crippen molar-refractivity contribution in [3.63, 3.8) is 0 Å².